The zero-order valence-electron chi connectivity index (χ0n) is 22.7. The molecule has 6 nitrogen and oxygen atoms in total. The number of hydrogen-bond donors (Lipinski definition) is 0. The summed E-state index contributed by atoms with van der Waals surface area (Å²) >= 11 is 0. The smallest absolute Gasteiger partial charge is 0.193 e. The van der Waals surface area contributed by atoms with Crippen LogP contribution in [0.15, 0.2) is 134 Å². The fourth-order valence-electron chi connectivity index (χ4n) is 5.32. The van der Waals surface area contributed by atoms with Crippen LogP contribution in [0.3, 0.4) is 0 Å². The van der Waals surface area contributed by atoms with Crippen LogP contribution in [-0.4, -0.2) is 30.7 Å². The molecule has 7 rings (SSSR count). The van der Waals surface area contributed by atoms with Crippen LogP contribution in [0.2, 0.25) is 0 Å². The molecule has 0 aliphatic rings. The Morgan fingerprint density at radius 1 is 0.476 bits per heavy atom. The maximum atomic E-state index is 13.3. The lowest BCUT2D eigenvalue weighted by atomic mass is 9.96. The number of ketones is 2. The third-order valence-corrected chi connectivity index (χ3v) is 7.58. The number of rotatable bonds is 8. The summed E-state index contributed by atoms with van der Waals surface area (Å²) in [5.41, 5.74) is 8.32. The van der Waals surface area contributed by atoms with Gasteiger partial charge in [0.05, 0.1) is 34.7 Å². The van der Waals surface area contributed by atoms with Crippen LogP contribution in [0, 0.1) is 0 Å². The molecule has 0 spiro atoms. The van der Waals surface area contributed by atoms with E-state index in [9.17, 15) is 9.59 Å². The minimum Gasteiger partial charge on any atom is -0.326 e. The zero-order valence-corrected chi connectivity index (χ0v) is 22.7. The van der Waals surface area contributed by atoms with Crippen LogP contribution in [-0.2, 0) is 13.1 Å². The normalized spacial score (nSPS) is 11.2. The molecule has 2 aromatic heterocycles. The summed E-state index contributed by atoms with van der Waals surface area (Å²) in [4.78, 5) is 35.5. The van der Waals surface area contributed by atoms with Crippen molar-refractivity contribution in [1.82, 2.24) is 19.1 Å². The fraction of sp³-hybridized carbons (Fsp3) is 0.0556. The van der Waals surface area contributed by atoms with Crippen molar-refractivity contribution in [3.8, 4) is 0 Å². The Kier molecular flexibility index (Phi) is 6.49. The van der Waals surface area contributed by atoms with E-state index in [1.807, 2.05) is 110 Å². The predicted molar refractivity (Wildman–Crippen MR) is 164 cm³/mol. The molecule has 0 atom stereocenters. The molecule has 0 aliphatic heterocycles. The summed E-state index contributed by atoms with van der Waals surface area (Å²) in [6.07, 6.45) is 3.67. The van der Waals surface area contributed by atoms with Gasteiger partial charge in [-0.25, -0.2) is 9.97 Å². The van der Waals surface area contributed by atoms with Crippen LogP contribution in [0.25, 0.3) is 22.1 Å². The van der Waals surface area contributed by atoms with Crippen LogP contribution in [0.5, 0.6) is 0 Å². The molecule has 5 aromatic carbocycles. The number of nitrogens with zero attached hydrogens (tertiary/aromatic N) is 4. The van der Waals surface area contributed by atoms with Gasteiger partial charge in [-0.15, -0.1) is 0 Å². The number of fused-ring (bicyclic) bond motifs is 2. The van der Waals surface area contributed by atoms with E-state index >= 15 is 0 Å². The topological polar surface area (TPSA) is 69.8 Å². The molecule has 0 aliphatic carbocycles. The molecule has 0 fully saturated rings. The highest BCUT2D eigenvalue weighted by Gasteiger charge is 2.15. The molecule has 202 valence electrons. The maximum Gasteiger partial charge on any atom is 0.193 e. The van der Waals surface area contributed by atoms with Gasteiger partial charge in [0.25, 0.3) is 0 Å². The Morgan fingerprint density at radius 3 is 1.36 bits per heavy atom. The second kappa shape index (κ2) is 10.7. The van der Waals surface area contributed by atoms with Crippen molar-refractivity contribution in [3.63, 3.8) is 0 Å². The van der Waals surface area contributed by atoms with Crippen molar-refractivity contribution < 1.29 is 9.59 Å². The molecule has 0 amide bonds. The van der Waals surface area contributed by atoms with Crippen LogP contribution in [0.1, 0.15) is 43.0 Å². The number of carbonyl (C=O) groups excluding carboxylic acids is 2. The number of hydrogen-bond acceptors (Lipinski definition) is 4. The molecular weight excluding hydrogens is 520 g/mol. The SMILES string of the molecule is O=C(c1ccc(Cn2cnc3ccccc32)cc1)c1cccc(C(=O)c2ccc(Cn3cnc4ccccc43)cc2)c1. The third kappa shape index (κ3) is 4.90. The lowest BCUT2D eigenvalue weighted by Crippen LogP contribution is -2.06. The minimum atomic E-state index is -0.118. The lowest BCUT2D eigenvalue weighted by Gasteiger charge is -2.08. The fourth-order valence-corrected chi connectivity index (χ4v) is 5.32. The first-order valence-corrected chi connectivity index (χ1v) is 13.8. The average molecular weight is 547 g/mol. The Labute approximate surface area is 242 Å². The Balaban J connectivity index is 1.05. The van der Waals surface area contributed by atoms with Gasteiger partial charge < -0.3 is 9.13 Å². The number of carbonyl (C=O) groups is 2. The van der Waals surface area contributed by atoms with E-state index in [4.69, 9.17) is 0 Å². The van der Waals surface area contributed by atoms with Gasteiger partial charge >= 0.3 is 0 Å². The zero-order chi connectivity index (χ0) is 28.5. The molecule has 2 heterocycles. The highest BCUT2D eigenvalue weighted by Crippen LogP contribution is 2.19. The van der Waals surface area contributed by atoms with Gasteiger partial charge in [-0.1, -0.05) is 91.0 Å². The van der Waals surface area contributed by atoms with Crippen LogP contribution < -0.4 is 0 Å². The van der Waals surface area contributed by atoms with Gasteiger partial charge in [-0.05, 0) is 41.5 Å². The highest BCUT2D eigenvalue weighted by atomic mass is 16.1. The summed E-state index contributed by atoms with van der Waals surface area (Å²) in [5, 5.41) is 0. The van der Waals surface area contributed by atoms with Crippen molar-refractivity contribution >= 4 is 33.6 Å². The summed E-state index contributed by atoms with van der Waals surface area (Å²) in [5.74, 6) is -0.237. The van der Waals surface area contributed by atoms with Gasteiger partial charge in [0.1, 0.15) is 0 Å². The molecule has 42 heavy (non-hydrogen) atoms. The quantitative estimate of drug-likeness (QED) is 0.194. The first-order chi connectivity index (χ1) is 20.6. The molecule has 0 saturated carbocycles. The van der Waals surface area contributed by atoms with Crippen molar-refractivity contribution in [2.45, 2.75) is 13.1 Å². The number of para-hydroxylation sites is 4. The first kappa shape index (κ1) is 25.4. The summed E-state index contributed by atoms with van der Waals surface area (Å²) in [6.45, 7) is 1.33. The van der Waals surface area contributed by atoms with Crippen molar-refractivity contribution in [2.24, 2.45) is 0 Å². The predicted octanol–water partition coefficient (Wildman–Crippen LogP) is 6.94. The van der Waals surface area contributed by atoms with Gasteiger partial charge in [-0.3, -0.25) is 9.59 Å². The van der Waals surface area contributed by atoms with Crippen LogP contribution in [0.4, 0.5) is 0 Å². The maximum absolute atomic E-state index is 13.3. The highest BCUT2D eigenvalue weighted by molar-refractivity contribution is 6.13. The Hall–Kier alpha value is -5.62. The molecule has 0 saturated heterocycles. The molecule has 7 aromatic rings. The van der Waals surface area contributed by atoms with E-state index in [1.54, 1.807) is 24.3 Å². The number of benzene rings is 5. The van der Waals surface area contributed by atoms with Crippen molar-refractivity contribution in [1.29, 1.82) is 0 Å². The van der Waals surface area contributed by atoms with Crippen molar-refractivity contribution in [2.75, 3.05) is 0 Å². The summed E-state index contributed by atoms with van der Waals surface area (Å²) in [6, 6.07) is 38.2. The lowest BCUT2D eigenvalue weighted by molar-refractivity contribution is 0.103. The Bertz CT molecular complexity index is 1920. The summed E-state index contributed by atoms with van der Waals surface area (Å²) < 4.78 is 4.18. The molecule has 0 N–H and O–H groups in total. The standard InChI is InChI=1S/C36H26N4O2/c41-35(27-16-12-25(13-17-27)21-39-23-37-31-8-1-3-10-33(31)39)29-6-5-7-30(20-29)36(42)28-18-14-26(15-19-28)22-40-24-38-32-9-2-4-11-34(32)40/h1-20,23-24H,21-22H2. The van der Waals surface area contributed by atoms with Crippen LogP contribution >= 0.6 is 0 Å². The first-order valence-electron chi connectivity index (χ1n) is 13.8. The average Bonchev–Trinajstić information content (AvgIpc) is 3.65. The molecule has 0 bridgehead atoms. The van der Waals surface area contributed by atoms with Gasteiger partial charge in [0.15, 0.2) is 11.6 Å². The minimum absolute atomic E-state index is 0.118. The third-order valence-electron chi connectivity index (χ3n) is 7.58. The molecule has 6 heteroatoms. The largest absolute Gasteiger partial charge is 0.326 e. The number of aromatic nitrogens is 4. The second-order valence-corrected chi connectivity index (χ2v) is 10.4. The van der Waals surface area contributed by atoms with Gasteiger partial charge in [-0.2, -0.15) is 0 Å². The van der Waals surface area contributed by atoms with E-state index in [-0.39, 0.29) is 11.6 Å². The van der Waals surface area contributed by atoms with Gasteiger partial charge in [0.2, 0.25) is 0 Å². The summed E-state index contributed by atoms with van der Waals surface area (Å²) in [7, 11) is 0. The van der Waals surface area contributed by atoms with Crippen molar-refractivity contribution in [3.05, 3.63) is 167 Å². The Morgan fingerprint density at radius 2 is 0.905 bits per heavy atom. The second-order valence-electron chi connectivity index (χ2n) is 10.4. The van der Waals surface area contributed by atoms with E-state index in [1.165, 1.54) is 0 Å². The molecular formula is C36H26N4O2. The monoisotopic (exact) mass is 546 g/mol. The van der Waals surface area contributed by atoms with E-state index < -0.39 is 0 Å². The molecule has 0 unspecified atom stereocenters. The number of imidazole rings is 2. The van der Waals surface area contributed by atoms with E-state index in [2.05, 4.69) is 19.1 Å². The van der Waals surface area contributed by atoms with E-state index in [0.29, 0.717) is 35.3 Å². The molecule has 0 radical (unpaired) electrons. The van der Waals surface area contributed by atoms with E-state index in [0.717, 1.165) is 33.2 Å². The van der Waals surface area contributed by atoms with Gasteiger partial charge in [0, 0.05) is 35.3 Å².